The minimum absolute atomic E-state index is 0.248. The van der Waals surface area contributed by atoms with Crippen LogP contribution >= 0.6 is 0 Å². The average Bonchev–Trinajstić information content (AvgIpc) is 2.59. The van der Waals surface area contributed by atoms with E-state index in [0.717, 1.165) is 0 Å². The fraction of sp³-hybridized carbons (Fsp3) is 0.167. The number of benzene rings is 2. The molecule has 0 aliphatic rings. The van der Waals surface area contributed by atoms with Crippen molar-refractivity contribution in [3.63, 3.8) is 0 Å². The number of nitrogen functional groups attached to an aromatic ring is 1. The quantitative estimate of drug-likeness (QED) is 0.633. The van der Waals surface area contributed by atoms with Crippen LogP contribution in [0.2, 0.25) is 0 Å². The van der Waals surface area contributed by atoms with Gasteiger partial charge in [0, 0.05) is 16.8 Å². The SMILES string of the molecule is C=C(C(=N)c1ccccc1N)c1cc(OC)c(OC)c(OC)c1. The summed E-state index contributed by atoms with van der Waals surface area (Å²) in [6.07, 6.45) is 0. The monoisotopic (exact) mass is 312 g/mol. The Morgan fingerprint density at radius 2 is 1.57 bits per heavy atom. The molecule has 0 amide bonds. The van der Waals surface area contributed by atoms with E-state index < -0.39 is 0 Å². The molecule has 5 heteroatoms. The standard InChI is InChI=1S/C18H20N2O3/c1-11(17(20)13-7-5-6-8-14(13)19)12-9-15(21-2)18(23-4)16(10-12)22-3/h5-10,20H,1,19H2,2-4H3. The summed E-state index contributed by atoms with van der Waals surface area (Å²) in [5.41, 5.74) is 8.57. The molecule has 0 aliphatic carbocycles. The highest BCUT2D eigenvalue weighted by Crippen LogP contribution is 2.40. The van der Waals surface area contributed by atoms with Crippen molar-refractivity contribution in [1.82, 2.24) is 0 Å². The maximum absolute atomic E-state index is 8.38. The first kappa shape index (κ1) is 16.4. The zero-order valence-electron chi connectivity index (χ0n) is 13.5. The van der Waals surface area contributed by atoms with Crippen LogP contribution in [-0.4, -0.2) is 27.0 Å². The van der Waals surface area contributed by atoms with E-state index in [2.05, 4.69) is 6.58 Å². The molecule has 0 bridgehead atoms. The van der Waals surface area contributed by atoms with Crippen molar-refractivity contribution < 1.29 is 14.2 Å². The molecule has 2 rings (SSSR count). The second-order valence-corrected chi connectivity index (χ2v) is 4.85. The van der Waals surface area contributed by atoms with Gasteiger partial charge in [-0.3, -0.25) is 5.41 Å². The van der Waals surface area contributed by atoms with Gasteiger partial charge in [-0.25, -0.2) is 0 Å². The van der Waals surface area contributed by atoms with Gasteiger partial charge in [0.15, 0.2) is 11.5 Å². The van der Waals surface area contributed by atoms with E-state index in [9.17, 15) is 0 Å². The van der Waals surface area contributed by atoms with Gasteiger partial charge in [0.2, 0.25) is 5.75 Å². The van der Waals surface area contributed by atoms with Crippen LogP contribution in [0.3, 0.4) is 0 Å². The molecule has 0 atom stereocenters. The van der Waals surface area contributed by atoms with Gasteiger partial charge < -0.3 is 19.9 Å². The van der Waals surface area contributed by atoms with Gasteiger partial charge in [-0.15, -0.1) is 0 Å². The summed E-state index contributed by atoms with van der Waals surface area (Å²) in [6, 6.07) is 10.7. The highest BCUT2D eigenvalue weighted by atomic mass is 16.5. The molecule has 0 aromatic heterocycles. The lowest BCUT2D eigenvalue weighted by atomic mass is 9.96. The first-order chi connectivity index (χ1) is 11.0. The number of allylic oxidation sites excluding steroid dienone is 1. The molecule has 0 saturated heterocycles. The third kappa shape index (κ3) is 3.13. The fourth-order valence-corrected chi connectivity index (χ4v) is 2.29. The Morgan fingerprint density at radius 1 is 1.00 bits per heavy atom. The van der Waals surface area contributed by atoms with E-state index in [1.165, 1.54) is 0 Å². The molecular weight excluding hydrogens is 292 g/mol. The number of nitrogens with two attached hydrogens (primary N) is 1. The van der Waals surface area contributed by atoms with Crippen LogP contribution in [0.4, 0.5) is 5.69 Å². The zero-order chi connectivity index (χ0) is 17.0. The summed E-state index contributed by atoms with van der Waals surface area (Å²) in [4.78, 5) is 0. The van der Waals surface area contributed by atoms with E-state index in [1.807, 2.05) is 12.1 Å². The predicted molar refractivity (Wildman–Crippen MR) is 92.8 cm³/mol. The van der Waals surface area contributed by atoms with Crippen LogP contribution in [0.1, 0.15) is 11.1 Å². The Labute approximate surface area is 135 Å². The van der Waals surface area contributed by atoms with Gasteiger partial charge >= 0.3 is 0 Å². The summed E-state index contributed by atoms with van der Waals surface area (Å²) < 4.78 is 16.0. The maximum atomic E-state index is 8.38. The molecule has 5 nitrogen and oxygen atoms in total. The number of methoxy groups -OCH3 is 3. The molecule has 120 valence electrons. The van der Waals surface area contributed by atoms with Gasteiger partial charge in [0.05, 0.1) is 27.0 Å². The minimum atomic E-state index is 0.248. The Kier molecular flexibility index (Phi) is 4.91. The highest BCUT2D eigenvalue weighted by Gasteiger charge is 2.17. The number of anilines is 1. The number of rotatable bonds is 6. The largest absolute Gasteiger partial charge is 0.493 e. The van der Waals surface area contributed by atoms with Gasteiger partial charge in [-0.05, 0) is 23.8 Å². The number of hydrogen-bond donors (Lipinski definition) is 2. The van der Waals surface area contributed by atoms with E-state index in [0.29, 0.717) is 39.6 Å². The molecule has 3 N–H and O–H groups in total. The second kappa shape index (κ2) is 6.87. The van der Waals surface area contributed by atoms with E-state index in [4.69, 9.17) is 25.4 Å². The van der Waals surface area contributed by atoms with Crippen LogP contribution in [-0.2, 0) is 0 Å². The summed E-state index contributed by atoms with van der Waals surface area (Å²) in [5, 5.41) is 8.38. The topological polar surface area (TPSA) is 77.6 Å². The van der Waals surface area contributed by atoms with Gasteiger partial charge in [-0.2, -0.15) is 0 Å². The Morgan fingerprint density at radius 3 is 2.04 bits per heavy atom. The summed E-state index contributed by atoms with van der Waals surface area (Å²) in [5.74, 6) is 1.52. The number of ether oxygens (including phenoxy) is 3. The summed E-state index contributed by atoms with van der Waals surface area (Å²) in [6.45, 7) is 4.02. The normalized spacial score (nSPS) is 10.0. The Bertz CT molecular complexity index is 729. The van der Waals surface area contributed by atoms with Gasteiger partial charge in [0.1, 0.15) is 0 Å². The lowest BCUT2D eigenvalue weighted by molar-refractivity contribution is 0.324. The van der Waals surface area contributed by atoms with Crippen molar-refractivity contribution in [2.45, 2.75) is 0 Å². The van der Waals surface area contributed by atoms with Gasteiger partial charge in [-0.1, -0.05) is 24.8 Å². The first-order valence-electron chi connectivity index (χ1n) is 6.96. The molecule has 23 heavy (non-hydrogen) atoms. The van der Waals surface area contributed by atoms with Crippen molar-refractivity contribution in [3.05, 3.63) is 54.1 Å². The summed E-state index contributed by atoms with van der Waals surface area (Å²) in [7, 11) is 4.64. The summed E-state index contributed by atoms with van der Waals surface area (Å²) >= 11 is 0. The molecule has 0 radical (unpaired) electrons. The van der Waals surface area contributed by atoms with Crippen LogP contribution in [0.5, 0.6) is 17.2 Å². The number of nitrogens with one attached hydrogen (secondary N) is 1. The first-order valence-corrected chi connectivity index (χ1v) is 6.96. The highest BCUT2D eigenvalue weighted by molar-refractivity contribution is 6.31. The molecule has 0 heterocycles. The van der Waals surface area contributed by atoms with Gasteiger partial charge in [0.25, 0.3) is 0 Å². The van der Waals surface area contributed by atoms with Crippen molar-refractivity contribution in [2.75, 3.05) is 27.1 Å². The molecule has 0 unspecified atom stereocenters. The van der Waals surface area contributed by atoms with Crippen LogP contribution < -0.4 is 19.9 Å². The fourth-order valence-electron chi connectivity index (χ4n) is 2.29. The van der Waals surface area contributed by atoms with Crippen molar-refractivity contribution in [3.8, 4) is 17.2 Å². The average molecular weight is 312 g/mol. The third-order valence-electron chi connectivity index (χ3n) is 3.55. The van der Waals surface area contributed by atoms with E-state index in [-0.39, 0.29) is 5.71 Å². The number of para-hydroxylation sites is 1. The third-order valence-corrected chi connectivity index (χ3v) is 3.55. The van der Waals surface area contributed by atoms with Crippen LogP contribution in [0.25, 0.3) is 5.57 Å². The Balaban J connectivity index is 2.47. The lowest BCUT2D eigenvalue weighted by Gasteiger charge is -2.16. The molecule has 0 spiro atoms. The molecule has 2 aromatic carbocycles. The Hall–Kier alpha value is -2.95. The smallest absolute Gasteiger partial charge is 0.203 e. The molecule has 0 aliphatic heterocycles. The molecule has 0 fully saturated rings. The predicted octanol–water partition coefficient (Wildman–Crippen LogP) is 3.38. The van der Waals surface area contributed by atoms with Crippen molar-refractivity contribution in [1.29, 1.82) is 5.41 Å². The van der Waals surface area contributed by atoms with Crippen molar-refractivity contribution in [2.24, 2.45) is 0 Å². The maximum Gasteiger partial charge on any atom is 0.203 e. The van der Waals surface area contributed by atoms with Crippen molar-refractivity contribution >= 4 is 17.0 Å². The van der Waals surface area contributed by atoms with E-state index in [1.54, 1.807) is 45.6 Å². The van der Waals surface area contributed by atoms with Crippen LogP contribution in [0.15, 0.2) is 43.0 Å². The lowest BCUT2D eigenvalue weighted by Crippen LogP contribution is -2.06. The second-order valence-electron chi connectivity index (χ2n) is 4.85. The van der Waals surface area contributed by atoms with Crippen LogP contribution in [0, 0.1) is 5.41 Å². The minimum Gasteiger partial charge on any atom is -0.493 e. The molecule has 2 aromatic rings. The number of hydrogen-bond acceptors (Lipinski definition) is 5. The zero-order valence-corrected chi connectivity index (χ0v) is 13.5. The molecular formula is C18H20N2O3. The van der Waals surface area contributed by atoms with E-state index >= 15 is 0 Å². The molecule has 0 saturated carbocycles.